The van der Waals surface area contributed by atoms with Gasteiger partial charge < -0.3 is 5.73 Å². The van der Waals surface area contributed by atoms with Crippen molar-refractivity contribution in [2.45, 2.75) is 25.4 Å². The van der Waals surface area contributed by atoms with Crippen molar-refractivity contribution in [1.29, 1.82) is 0 Å². The number of likely N-dealkylation sites (N-methyl/N-ethyl adjacent to an activating group) is 1. The van der Waals surface area contributed by atoms with E-state index in [4.69, 9.17) is 17.3 Å². The standard InChI is InChI=1S/C12H16ClFN2/c1-2-16-4-3-11(15)12(16)8-5-9(13)7-10(14)6-8/h5-7,11-12H,2-4,15H2,1H3. The first-order valence-corrected chi connectivity index (χ1v) is 5.95. The Bertz CT molecular complexity index is 363. The topological polar surface area (TPSA) is 29.3 Å². The zero-order chi connectivity index (χ0) is 11.7. The predicted octanol–water partition coefficient (Wildman–Crippen LogP) is 2.57. The van der Waals surface area contributed by atoms with E-state index < -0.39 is 0 Å². The molecule has 0 bridgehead atoms. The zero-order valence-corrected chi connectivity index (χ0v) is 10.0. The van der Waals surface area contributed by atoms with Crippen LogP contribution in [0, 0.1) is 5.82 Å². The van der Waals surface area contributed by atoms with Crippen molar-refractivity contribution in [1.82, 2.24) is 4.90 Å². The summed E-state index contributed by atoms with van der Waals surface area (Å²) in [5.41, 5.74) is 6.96. The lowest BCUT2D eigenvalue weighted by Gasteiger charge is -2.26. The van der Waals surface area contributed by atoms with Crippen molar-refractivity contribution in [3.8, 4) is 0 Å². The van der Waals surface area contributed by atoms with Gasteiger partial charge >= 0.3 is 0 Å². The molecule has 1 aliphatic rings. The average molecular weight is 243 g/mol. The molecule has 0 saturated carbocycles. The molecule has 2 atom stereocenters. The summed E-state index contributed by atoms with van der Waals surface area (Å²) >= 11 is 5.87. The Morgan fingerprint density at radius 2 is 2.25 bits per heavy atom. The maximum Gasteiger partial charge on any atom is 0.125 e. The highest BCUT2D eigenvalue weighted by Gasteiger charge is 2.32. The van der Waals surface area contributed by atoms with E-state index in [9.17, 15) is 4.39 Å². The minimum Gasteiger partial charge on any atom is -0.326 e. The molecule has 2 rings (SSSR count). The van der Waals surface area contributed by atoms with Gasteiger partial charge in [-0.2, -0.15) is 0 Å². The lowest BCUT2D eigenvalue weighted by molar-refractivity contribution is 0.260. The zero-order valence-electron chi connectivity index (χ0n) is 9.29. The highest BCUT2D eigenvalue weighted by atomic mass is 35.5. The van der Waals surface area contributed by atoms with E-state index in [0.717, 1.165) is 25.1 Å². The summed E-state index contributed by atoms with van der Waals surface area (Å²) in [6, 6.07) is 4.83. The van der Waals surface area contributed by atoms with Crippen LogP contribution in [0.25, 0.3) is 0 Å². The molecule has 1 aromatic carbocycles. The molecule has 1 heterocycles. The van der Waals surface area contributed by atoms with E-state index in [2.05, 4.69) is 11.8 Å². The average Bonchev–Trinajstić information content (AvgIpc) is 2.58. The molecule has 1 aliphatic heterocycles. The molecular weight excluding hydrogens is 227 g/mol. The van der Waals surface area contributed by atoms with Crippen molar-refractivity contribution >= 4 is 11.6 Å². The van der Waals surface area contributed by atoms with Gasteiger partial charge in [0, 0.05) is 17.6 Å². The van der Waals surface area contributed by atoms with E-state index in [0.29, 0.717) is 5.02 Å². The smallest absolute Gasteiger partial charge is 0.125 e. The van der Waals surface area contributed by atoms with Gasteiger partial charge in [-0.25, -0.2) is 4.39 Å². The summed E-state index contributed by atoms with van der Waals surface area (Å²) < 4.78 is 13.3. The van der Waals surface area contributed by atoms with Gasteiger partial charge in [-0.3, -0.25) is 4.90 Å². The van der Waals surface area contributed by atoms with E-state index in [1.54, 1.807) is 0 Å². The Morgan fingerprint density at radius 1 is 1.50 bits per heavy atom. The van der Waals surface area contributed by atoms with E-state index in [1.165, 1.54) is 12.1 Å². The van der Waals surface area contributed by atoms with Crippen molar-refractivity contribution < 1.29 is 4.39 Å². The third-order valence-corrected chi connectivity index (χ3v) is 3.40. The third kappa shape index (κ3) is 2.21. The second-order valence-corrected chi connectivity index (χ2v) is 4.67. The number of rotatable bonds is 2. The van der Waals surface area contributed by atoms with Crippen LogP contribution < -0.4 is 5.73 Å². The Morgan fingerprint density at radius 3 is 2.88 bits per heavy atom. The fourth-order valence-corrected chi connectivity index (χ4v) is 2.67. The largest absolute Gasteiger partial charge is 0.326 e. The quantitative estimate of drug-likeness (QED) is 0.864. The molecule has 0 aliphatic carbocycles. The summed E-state index contributed by atoms with van der Waals surface area (Å²) in [4.78, 5) is 2.26. The molecule has 88 valence electrons. The molecule has 0 radical (unpaired) electrons. The summed E-state index contributed by atoms with van der Waals surface area (Å²) in [5.74, 6) is -0.294. The van der Waals surface area contributed by atoms with Crippen molar-refractivity contribution in [3.05, 3.63) is 34.6 Å². The van der Waals surface area contributed by atoms with Gasteiger partial charge in [0.2, 0.25) is 0 Å². The van der Waals surface area contributed by atoms with E-state index >= 15 is 0 Å². The SMILES string of the molecule is CCN1CCC(N)C1c1cc(F)cc(Cl)c1. The Labute approximate surface area is 100 Å². The molecule has 1 aromatic rings. The molecule has 0 spiro atoms. The lowest BCUT2D eigenvalue weighted by atomic mass is 10.0. The summed E-state index contributed by atoms with van der Waals surface area (Å²) in [6.45, 7) is 3.98. The fraction of sp³-hybridized carbons (Fsp3) is 0.500. The highest BCUT2D eigenvalue weighted by Crippen LogP contribution is 2.32. The first-order valence-electron chi connectivity index (χ1n) is 5.57. The van der Waals surface area contributed by atoms with Crippen LogP contribution in [-0.4, -0.2) is 24.0 Å². The van der Waals surface area contributed by atoms with Gasteiger partial charge in [0.15, 0.2) is 0 Å². The van der Waals surface area contributed by atoms with E-state index in [1.807, 2.05) is 6.07 Å². The Balaban J connectivity index is 2.34. The number of hydrogen-bond acceptors (Lipinski definition) is 2. The van der Waals surface area contributed by atoms with Crippen LogP contribution in [0.4, 0.5) is 4.39 Å². The van der Waals surface area contributed by atoms with Gasteiger partial charge in [-0.15, -0.1) is 0 Å². The van der Waals surface area contributed by atoms with Crippen LogP contribution in [-0.2, 0) is 0 Å². The molecule has 4 heteroatoms. The second-order valence-electron chi connectivity index (χ2n) is 4.23. The molecular formula is C12H16ClFN2. The summed E-state index contributed by atoms with van der Waals surface area (Å²) in [7, 11) is 0. The minimum atomic E-state index is -0.294. The van der Waals surface area contributed by atoms with Gasteiger partial charge in [0.25, 0.3) is 0 Å². The number of nitrogens with two attached hydrogens (primary N) is 1. The fourth-order valence-electron chi connectivity index (χ4n) is 2.44. The van der Waals surface area contributed by atoms with Gasteiger partial charge in [-0.05, 0) is 36.7 Å². The Kier molecular flexibility index (Phi) is 3.47. The maximum absolute atomic E-state index is 13.3. The molecule has 2 nitrogen and oxygen atoms in total. The molecule has 2 N–H and O–H groups in total. The highest BCUT2D eigenvalue weighted by molar-refractivity contribution is 6.30. The maximum atomic E-state index is 13.3. The molecule has 0 aromatic heterocycles. The molecule has 16 heavy (non-hydrogen) atoms. The number of benzene rings is 1. The van der Waals surface area contributed by atoms with Gasteiger partial charge in [0.05, 0.1) is 6.04 Å². The van der Waals surface area contributed by atoms with Gasteiger partial charge in [-0.1, -0.05) is 18.5 Å². The predicted molar refractivity (Wildman–Crippen MR) is 64.0 cm³/mol. The van der Waals surface area contributed by atoms with Crippen molar-refractivity contribution in [2.24, 2.45) is 5.73 Å². The first kappa shape index (κ1) is 11.8. The van der Waals surface area contributed by atoms with Crippen LogP contribution in [0.3, 0.4) is 0 Å². The second kappa shape index (κ2) is 4.70. The Hall–Kier alpha value is -0.640. The number of likely N-dealkylation sites (tertiary alicyclic amines) is 1. The third-order valence-electron chi connectivity index (χ3n) is 3.18. The summed E-state index contributed by atoms with van der Waals surface area (Å²) in [5, 5.41) is 0.435. The molecule has 1 saturated heterocycles. The van der Waals surface area contributed by atoms with Crippen LogP contribution in [0.15, 0.2) is 18.2 Å². The number of halogens is 2. The summed E-state index contributed by atoms with van der Waals surface area (Å²) in [6.07, 6.45) is 0.951. The normalized spacial score (nSPS) is 26.2. The first-order chi connectivity index (χ1) is 7.61. The molecule has 2 unspecified atom stereocenters. The van der Waals surface area contributed by atoms with Crippen molar-refractivity contribution in [2.75, 3.05) is 13.1 Å². The molecule has 0 amide bonds. The van der Waals surface area contributed by atoms with Crippen LogP contribution in [0.2, 0.25) is 5.02 Å². The monoisotopic (exact) mass is 242 g/mol. The lowest BCUT2D eigenvalue weighted by Crippen LogP contribution is -2.31. The van der Waals surface area contributed by atoms with Crippen LogP contribution >= 0.6 is 11.6 Å². The van der Waals surface area contributed by atoms with Gasteiger partial charge in [0.1, 0.15) is 5.82 Å². The minimum absolute atomic E-state index is 0.0674. The van der Waals surface area contributed by atoms with Crippen LogP contribution in [0.5, 0.6) is 0 Å². The number of nitrogens with zero attached hydrogens (tertiary/aromatic N) is 1. The van der Waals surface area contributed by atoms with Crippen LogP contribution in [0.1, 0.15) is 24.9 Å². The number of hydrogen-bond donors (Lipinski definition) is 1. The van der Waals surface area contributed by atoms with Crippen molar-refractivity contribution in [3.63, 3.8) is 0 Å². The van der Waals surface area contributed by atoms with E-state index in [-0.39, 0.29) is 17.9 Å². The molecule has 1 fully saturated rings.